The minimum Gasteiger partial charge on any atom is -0.462 e. The highest BCUT2D eigenvalue weighted by Gasteiger charge is 2.13. The fraction of sp³-hybridized carbons (Fsp3) is 0.353. The van der Waals surface area contributed by atoms with Gasteiger partial charge in [-0.25, -0.2) is 20.2 Å². The van der Waals surface area contributed by atoms with E-state index in [9.17, 15) is 4.79 Å². The average molecular weight is 344 g/mol. The van der Waals surface area contributed by atoms with Crippen LogP contribution in [-0.4, -0.2) is 28.1 Å². The van der Waals surface area contributed by atoms with Crippen molar-refractivity contribution in [2.75, 3.05) is 23.1 Å². The van der Waals surface area contributed by atoms with E-state index in [1.54, 1.807) is 31.2 Å². The number of esters is 1. The van der Waals surface area contributed by atoms with Crippen LogP contribution in [0.25, 0.3) is 0 Å². The van der Waals surface area contributed by atoms with Gasteiger partial charge < -0.3 is 21.2 Å². The van der Waals surface area contributed by atoms with E-state index in [0.717, 1.165) is 5.69 Å². The first-order chi connectivity index (χ1) is 11.8. The summed E-state index contributed by atoms with van der Waals surface area (Å²) < 4.78 is 4.96. The van der Waals surface area contributed by atoms with Gasteiger partial charge in [-0.15, -0.1) is 0 Å². The van der Waals surface area contributed by atoms with Crippen molar-refractivity contribution in [1.29, 1.82) is 0 Å². The molecule has 0 bridgehead atoms. The zero-order valence-electron chi connectivity index (χ0n) is 14.9. The van der Waals surface area contributed by atoms with Gasteiger partial charge in [0, 0.05) is 11.2 Å². The van der Waals surface area contributed by atoms with Crippen LogP contribution in [-0.2, 0) is 4.74 Å². The molecule has 0 aliphatic carbocycles. The number of nitrogens with two attached hydrogens (primary N) is 1. The molecule has 1 aromatic heterocycles. The van der Waals surface area contributed by atoms with Crippen molar-refractivity contribution < 1.29 is 9.53 Å². The van der Waals surface area contributed by atoms with E-state index < -0.39 is 0 Å². The monoisotopic (exact) mass is 344 g/mol. The molecule has 0 aliphatic heterocycles. The van der Waals surface area contributed by atoms with Crippen LogP contribution in [0.4, 0.5) is 23.0 Å². The van der Waals surface area contributed by atoms with Gasteiger partial charge in [-0.3, -0.25) is 0 Å². The first-order valence-corrected chi connectivity index (χ1v) is 7.98. The van der Waals surface area contributed by atoms with Crippen molar-refractivity contribution in [2.24, 2.45) is 0 Å². The zero-order valence-corrected chi connectivity index (χ0v) is 14.9. The standard InChI is InChI=1S/C17H24N6O2/c1-5-25-16(24)11-6-8-12(9-7-11)21-14-13(18)15(20-10-19-14)22-23-17(2,3)4/h6-10,23H,5,18H2,1-4H3,(H2,19,20,21,22). The van der Waals surface area contributed by atoms with E-state index >= 15 is 0 Å². The van der Waals surface area contributed by atoms with Gasteiger partial charge in [-0.2, -0.15) is 0 Å². The van der Waals surface area contributed by atoms with Gasteiger partial charge in [0.2, 0.25) is 0 Å². The predicted molar refractivity (Wildman–Crippen MR) is 98.6 cm³/mol. The maximum Gasteiger partial charge on any atom is 0.338 e. The van der Waals surface area contributed by atoms with Crippen molar-refractivity contribution in [3.8, 4) is 0 Å². The molecule has 0 aliphatic rings. The van der Waals surface area contributed by atoms with Crippen molar-refractivity contribution in [3.63, 3.8) is 0 Å². The number of anilines is 4. The maximum atomic E-state index is 11.7. The van der Waals surface area contributed by atoms with Crippen LogP contribution in [0.1, 0.15) is 38.1 Å². The number of carbonyl (C=O) groups excluding carboxylic acids is 1. The Balaban J connectivity index is 2.11. The number of hydrogen-bond donors (Lipinski definition) is 4. The number of hydrazine groups is 1. The predicted octanol–water partition coefficient (Wildman–Crippen LogP) is 2.69. The largest absolute Gasteiger partial charge is 0.462 e. The van der Waals surface area contributed by atoms with Crippen LogP contribution in [0.15, 0.2) is 30.6 Å². The summed E-state index contributed by atoms with van der Waals surface area (Å²) in [6.07, 6.45) is 1.42. The highest BCUT2D eigenvalue weighted by molar-refractivity contribution is 5.90. The first kappa shape index (κ1) is 18.5. The Kier molecular flexibility index (Phi) is 5.76. The molecule has 2 aromatic rings. The smallest absolute Gasteiger partial charge is 0.338 e. The number of aromatic nitrogens is 2. The Bertz CT molecular complexity index is 725. The third-order valence-electron chi connectivity index (χ3n) is 3.10. The molecule has 8 nitrogen and oxygen atoms in total. The summed E-state index contributed by atoms with van der Waals surface area (Å²) in [5, 5.41) is 3.11. The van der Waals surface area contributed by atoms with Gasteiger partial charge in [0.15, 0.2) is 11.6 Å². The van der Waals surface area contributed by atoms with Crippen molar-refractivity contribution in [2.45, 2.75) is 33.2 Å². The molecule has 8 heteroatoms. The minimum absolute atomic E-state index is 0.145. The molecule has 0 fully saturated rings. The SMILES string of the molecule is CCOC(=O)c1ccc(Nc2ncnc(NNC(C)(C)C)c2N)cc1. The third kappa shape index (κ3) is 5.32. The first-order valence-electron chi connectivity index (χ1n) is 7.98. The molecule has 2 rings (SSSR count). The van der Waals surface area contributed by atoms with Gasteiger partial charge in [0.05, 0.1) is 12.2 Å². The van der Waals surface area contributed by atoms with E-state index in [1.165, 1.54) is 6.33 Å². The molecule has 0 saturated carbocycles. The van der Waals surface area contributed by atoms with Crippen LogP contribution in [0, 0.1) is 0 Å². The number of nitrogens with zero attached hydrogens (tertiary/aromatic N) is 2. The van der Waals surface area contributed by atoms with E-state index in [-0.39, 0.29) is 11.5 Å². The summed E-state index contributed by atoms with van der Waals surface area (Å²) in [6.45, 7) is 8.16. The Morgan fingerprint density at radius 3 is 2.40 bits per heavy atom. The van der Waals surface area contributed by atoms with E-state index in [0.29, 0.717) is 29.5 Å². The Labute approximate surface area is 147 Å². The van der Waals surface area contributed by atoms with Gasteiger partial charge in [-0.1, -0.05) is 0 Å². The summed E-state index contributed by atoms with van der Waals surface area (Å²) in [7, 11) is 0. The van der Waals surface area contributed by atoms with Crippen molar-refractivity contribution >= 4 is 29.0 Å². The Morgan fingerprint density at radius 2 is 1.80 bits per heavy atom. The Morgan fingerprint density at radius 1 is 1.16 bits per heavy atom. The van der Waals surface area contributed by atoms with Crippen LogP contribution in [0.3, 0.4) is 0 Å². The van der Waals surface area contributed by atoms with Gasteiger partial charge in [0.25, 0.3) is 0 Å². The number of benzene rings is 1. The molecule has 0 atom stereocenters. The second-order valence-corrected chi connectivity index (χ2v) is 6.41. The highest BCUT2D eigenvalue weighted by Crippen LogP contribution is 2.25. The fourth-order valence-corrected chi connectivity index (χ4v) is 1.88. The number of nitrogen functional groups attached to an aromatic ring is 1. The number of nitrogens with one attached hydrogen (secondary N) is 3. The molecular formula is C17H24N6O2. The van der Waals surface area contributed by atoms with E-state index in [1.807, 2.05) is 20.8 Å². The number of carbonyl (C=O) groups is 1. The van der Waals surface area contributed by atoms with Crippen LogP contribution in [0.5, 0.6) is 0 Å². The third-order valence-corrected chi connectivity index (χ3v) is 3.10. The molecule has 1 heterocycles. The second-order valence-electron chi connectivity index (χ2n) is 6.41. The molecule has 5 N–H and O–H groups in total. The molecule has 134 valence electrons. The fourth-order valence-electron chi connectivity index (χ4n) is 1.88. The van der Waals surface area contributed by atoms with Crippen LogP contribution >= 0.6 is 0 Å². The average Bonchev–Trinajstić information content (AvgIpc) is 2.56. The van der Waals surface area contributed by atoms with Crippen molar-refractivity contribution in [3.05, 3.63) is 36.2 Å². The van der Waals surface area contributed by atoms with Gasteiger partial charge >= 0.3 is 5.97 Å². The number of hydrogen-bond acceptors (Lipinski definition) is 8. The summed E-state index contributed by atoms with van der Waals surface area (Å²) in [4.78, 5) is 20.0. The minimum atomic E-state index is -0.352. The van der Waals surface area contributed by atoms with Crippen LogP contribution in [0.2, 0.25) is 0 Å². The number of ether oxygens (including phenoxy) is 1. The van der Waals surface area contributed by atoms with E-state index in [4.69, 9.17) is 10.5 Å². The summed E-state index contributed by atoms with van der Waals surface area (Å²) in [6, 6.07) is 6.87. The molecule has 25 heavy (non-hydrogen) atoms. The molecular weight excluding hydrogens is 320 g/mol. The van der Waals surface area contributed by atoms with Crippen LogP contribution < -0.4 is 21.9 Å². The van der Waals surface area contributed by atoms with Gasteiger partial charge in [0.1, 0.15) is 12.0 Å². The molecule has 0 amide bonds. The second kappa shape index (κ2) is 7.80. The topological polar surface area (TPSA) is 114 Å². The summed E-state index contributed by atoms with van der Waals surface area (Å²) in [5.41, 5.74) is 13.7. The quantitative estimate of drug-likeness (QED) is 0.467. The normalized spacial score (nSPS) is 11.0. The molecule has 0 spiro atoms. The molecule has 0 unspecified atom stereocenters. The van der Waals surface area contributed by atoms with Gasteiger partial charge in [-0.05, 0) is 52.0 Å². The maximum absolute atomic E-state index is 11.7. The molecule has 0 saturated heterocycles. The lowest BCUT2D eigenvalue weighted by atomic mass is 10.1. The molecule has 1 aromatic carbocycles. The Hall–Kier alpha value is -2.87. The lowest BCUT2D eigenvalue weighted by Gasteiger charge is -2.22. The van der Waals surface area contributed by atoms with Crippen molar-refractivity contribution in [1.82, 2.24) is 15.4 Å². The summed E-state index contributed by atoms with van der Waals surface area (Å²) in [5.74, 6) is 0.600. The summed E-state index contributed by atoms with van der Waals surface area (Å²) >= 11 is 0. The zero-order chi connectivity index (χ0) is 18.4. The molecule has 0 radical (unpaired) electrons. The number of rotatable bonds is 6. The lowest BCUT2D eigenvalue weighted by molar-refractivity contribution is 0.0526. The van der Waals surface area contributed by atoms with E-state index in [2.05, 4.69) is 26.1 Å². The lowest BCUT2D eigenvalue weighted by Crippen LogP contribution is -2.40. The highest BCUT2D eigenvalue weighted by atomic mass is 16.5.